The molecule has 0 rings (SSSR count). The smallest absolute Gasteiger partial charge is 0.183 e. The molecule has 0 radical (unpaired) electrons. The Hall–Kier alpha value is -1.09. The average molecular weight is 226 g/mol. The molecule has 84 valence electrons. The fraction of sp³-hybridized carbons (Fsp3) is 0.333. The van der Waals surface area contributed by atoms with Crippen LogP contribution in [0.4, 0.5) is 0 Å². The van der Waals surface area contributed by atoms with E-state index in [0.29, 0.717) is 0 Å². The molecule has 3 heteroatoms. The van der Waals surface area contributed by atoms with Gasteiger partial charge in [0.2, 0.25) is 0 Å². The molecule has 0 spiro atoms. The van der Waals surface area contributed by atoms with Gasteiger partial charge in [0, 0.05) is 0 Å². The van der Waals surface area contributed by atoms with Gasteiger partial charge in [0.15, 0.2) is 9.84 Å². The van der Waals surface area contributed by atoms with E-state index in [-0.39, 0.29) is 4.91 Å². The summed E-state index contributed by atoms with van der Waals surface area (Å²) in [4.78, 5) is 0.255. The molecular formula is C12H18O2S. The fourth-order valence-electron chi connectivity index (χ4n) is 0.867. The highest BCUT2D eigenvalue weighted by Gasteiger charge is 2.31. The molecule has 0 atom stereocenters. The summed E-state index contributed by atoms with van der Waals surface area (Å²) < 4.78 is 23.3. The van der Waals surface area contributed by atoms with E-state index in [1.807, 2.05) is 0 Å². The van der Waals surface area contributed by atoms with Gasteiger partial charge in [0.25, 0.3) is 0 Å². The minimum Gasteiger partial charge on any atom is -0.223 e. The van der Waals surface area contributed by atoms with Crippen molar-refractivity contribution >= 4 is 9.84 Å². The lowest BCUT2D eigenvalue weighted by Gasteiger charge is -2.19. The van der Waals surface area contributed by atoms with E-state index in [1.54, 1.807) is 26.8 Å². The highest BCUT2D eigenvalue weighted by atomic mass is 32.2. The van der Waals surface area contributed by atoms with Crippen molar-refractivity contribution in [2.75, 3.05) is 0 Å². The van der Waals surface area contributed by atoms with Gasteiger partial charge < -0.3 is 0 Å². The van der Waals surface area contributed by atoms with Gasteiger partial charge in [0.1, 0.15) is 0 Å². The van der Waals surface area contributed by atoms with Gasteiger partial charge in [-0.25, -0.2) is 8.42 Å². The first kappa shape index (κ1) is 13.9. The van der Waals surface area contributed by atoms with Crippen LogP contribution in [0.15, 0.2) is 48.4 Å². The van der Waals surface area contributed by atoms with Gasteiger partial charge in [-0.2, -0.15) is 0 Å². The first-order chi connectivity index (χ1) is 6.77. The minimum atomic E-state index is -3.32. The third-order valence-corrected chi connectivity index (χ3v) is 4.30. The average Bonchev–Trinajstić information content (AvgIpc) is 2.10. The number of allylic oxidation sites excluding steroid dienone is 5. The molecule has 0 aliphatic rings. The van der Waals surface area contributed by atoms with Crippen LogP contribution in [0.25, 0.3) is 0 Å². The van der Waals surface area contributed by atoms with Crippen LogP contribution in [0.3, 0.4) is 0 Å². The molecule has 0 aliphatic carbocycles. The lowest BCUT2D eigenvalue weighted by atomic mass is 10.3. The summed E-state index contributed by atoms with van der Waals surface area (Å²) in [7, 11) is -3.32. The third-order valence-electron chi connectivity index (χ3n) is 1.80. The lowest BCUT2D eigenvalue weighted by molar-refractivity contribution is 0.568. The van der Waals surface area contributed by atoms with Crippen LogP contribution in [0.1, 0.15) is 20.8 Å². The minimum absolute atomic E-state index is 0.255. The van der Waals surface area contributed by atoms with Gasteiger partial charge >= 0.3 is 0 Å². The molecule has 0 fully saturated rings. The van der Waals surface area contributed by atoms with Crippen LogP contribution in [-0.4, -0.2) is 13.2 Å². The van der Waals surface area contributed by atoms with Crippen LogP contribution >= 0.6 is 0 Å². The van der Waals surface area contributed by atoms with E-state index in [4.69, 9.17) is 0 Å². The molecule has 0 aromatic heterocycles. The monoisotopic (exact) mass is 226 g/mol. The Balaban J connectivity index is 5.49. The van der Waals surface area contributed by atoms with Gasteiger partial charge in [-0.15, -0.1) is 0 Å². The van der Waals surface area contributed by atoms with Crippen molar-refractivity contribution in [3.8, 4) is 0 Å². The quantitative estimate of drug-likeness (QED) is 0.690. The van der Waals surface area contributed by atoms with E-state index < -0.39 is 14.6 Å². The second kappa shape index (κ2) is 5.12. The Morgan fingerprint density at radius 1 is 1.13 bits per heavy atom. The summed E-state index contributed by atoms with van der Waals surface area (Å²) >= 11 is 0. The maximum absolute atomic E-state index is 12.0. The zero-order chi connectivity index (χ0) is 12.1. The number of sulfone groups is 1. The predicted octanol–water partition coefficient (Wildman–Crippen LogP) is 3.01. The Morgan fingerprint density at radius 3 is 2.00 bits per heavy atom. The Labute approximate surface area is 92.6 Å². The topological polar surface area (TPSA) is 34.1 Å². The molecule has 2 nitrogen and oxygen atoms in total. The van der Waals surface area contributed by atoms with Crippen molar-refractivity contribution in [1.29, 1.82) is 0 Å². The van der Waals surface area contributed by atoms with E-state index in [0.717, 1.165) is 0 Å². The van der Waals surface area contributed by atoms with Crippen molar-refractivity contribution in [1.82, 2.24) is 0 Å². The fourth-order valence-corrected chi connectivity index (χ4v) is 2.11. The summed E-state index contributed by atoms with van der Waals surface area (Å²) in [5.74, 6) is 0. The van der Waals surface area contributed by atoms with Crippen LogP contribution in [0, 0.1) is 0 Å². The van der Waals surface area contributed by atoms with Crippen molar-refractivity contribution in [2.45, 2.75) is 25.5 Å². The highest BCUT2D eigenvalue weighted by molar-refractivity contribution is 7.96. The molecule has 0 heterocycles. The summed E-state index contributed by atoms with van der Waals surface area (Å²) in [6, 6.07) is 0. The van der Waals surface area contributed by atoms with Crippen LogP contribution in [0.5, 0.6) is 0 Å². The molecule has 0 N–H and O–H groups in total. The molecule has 0 saturated heterocycles. The van der Waals surface area contributed by atoms with E-state index in [1.165, 1.54) is 24.3 Å². The SMILES string of the molecule is C=C/C=C\C(=C/C=C)S(=O)(=O)C(C)(C)C. The number of rotatable bonds is 4. The van der Waals surface area contributed by atoms with Crippen LogP contribution in [0.2, 0.25) is 0 Å². The maximum Gasteiger partial charge on any atom is 0.183 e. The molecule has 0 saturated carbocycles. The van der Waals surface area contributed by atoms with Crippen LogP contribution < -0.4 is 0 Å². The zero-order valence-corrected chi connectivity index (χ0v) is 10.3. The third kappa shape index (κ3) is 3.51. The van der Waals surface area contributed by atoms with Gasteiger partial charge in [-0.05, 0) is 32.9 Å². The second-order valence-electron chi connectivity index (χ2n) is 4.02. The molecule has 15 heavy (non-hydrogen) atoms. The summed E-state index contributed by atoms with van der Waals surface area (Å²) in [6.45, 7) is 12.0. The summed E-state index contributed by atoms with van der Waals surface area (Å²) in [5.41, 5.74) is 0. The van der Waals surface area contributed by atoms with Crippen molar-refractivity contribution < 1.29 is 8.42 Å². The van der Waals surface area contributed by atoms with Gasteiger partial charge in [0.05, 0.1) is 9.65 Å². The maximum atomic E-state index is 12.0. The summed E-state index contributed by atoms with van der Waals surface area (Å²) in [5, 5.41) is 0. The normalized spacial score (nSPS) is 14.2. The van der Waals surface area contributed by atoms with Gasteiger partial charge in [-0.1, -0.05) is 31.4 Å². The van der Waals surface area contributed by atoms with Crippen molar-refractivity contribution in [3.05, 3.63) is 48.4 Å². The zero-order valence-electron chi connectivity index (χ0n) is 9.53. The lowest BCUT2D eigenvalue weighted by Crippen LogP contribution is -2.28. The van der Waals surface area contributed by atoms with Crippen molar-refractivity contribution in [3.63, 3.8) is 0 Å². The van der Waals surface area contributed by atoms with E-state index in [9.17, 15) is 8.42 Å². The molecule has 0 amide bonds. The second-order valence-corrected chi connectivity index (χ2v) is 6.72. The van der Waals surface area contributed by atoms with Crippen molar-refractivity contribution in [2.24, 2.45) is 0 Å². The molecule has 0 aromatic rings. The predicted molar refractivity (Wildman–Crippen MR) is 66.3 cm³/mol. The Kier molecular flexibility index (Phi) is 4.75. The molecule has 0 unspecified atom stereocenters. The van der Waals surface area contributed by atoms with E-state index >= 15 is 0 Å². The molecular weight excluding hydrogens is 208 g/mol. The van der Waals surface area contributed by atoms with Crippen LogP contribution in [-0.2, 0) is 9.84 Å². The first-order valence-electron chi connectivity index (χ1n) is 4.64. The largest absolute Gasteiger partial charge is 0.223 e. The number of hydrogen-bond acceptors (Lipinski definition) is 2. The molecule has 0 aromatic carbocycles. The standard InChI is InChI=1S/C12H18O2S/c1-6-8-10-11(9-7-2)15(13,14)12(3,4)5/h6-10H,1-2H2,3-5H3/b10-8-,11-9+. The molecule has 0 bridgehead atoms. The van der Waals surface area contributed by atoms with E-state index in [2.05, 4.69) is 13.2 Å². The Morgan fingerprint density at radius 2 is 1.67 bits per heavy atom. The molecule has 0 aliphatic heterocycles. The first-order valence-corrected chi connectivity index (χ1v) is 6.12. The number of hydrogen-bond donors (Lipinski definition) is 0. The Bertz CT molecular complexity index is 390. The summed E-state index contributed by atoms with van der Waals surface area (Å²) in [6.07, 6.45) is 7.61. The highest BCUT2D eigenvalue weighted by Crippen LogP contribution is 2.24. The van der Waals surface area contributed by atoms with Gasteiger partial charge in [-0.3, -0.25) is 0 Å².